The maximum Gasteiger partial charge on any atom is 0.215 e. The largest absolute Gasteiger partial charge is 0.437 e. The van der Waals surface area contributed by atoms with E-state index in [0.717, 1.165) is 17.5 Å². The van der Waals surface area contributed by atoms with Crippen LogP contribution in [0.1, 0.15) is 12.6 Å². The van der Waals surface area contributed by atoms with Crippen molar-refractivity contribution in [3.63, 3.8) is 0 Å². The van der Waals surface area contributed by atoms with E-state index in [1.807, 2.05) is 13.0 Å². The molecule has 6 heteroatoms. The first-order valence-electron chi connectivity index (χ1n) is 6.48. The molecule has 21 heavy (non-hydrogen) atoms. The number of halogens is 2. The van der Waals surface area contributed by atoms with Gasteiger partial charge in [0.25, 0.3) is 0 Å². The molecule has 0 saturated carbocycles. The van der Waals surface area contributed by atoms with Crippen LogP contribution in [0.2, 0.25) is 5.02 Å². The number of nitrogens with two attached hydrogens (primary N) is 1. The second kappa shape index (κ2) is 5.26. The summed E-state index contributed by atoms with van der Waals surface area (Å²) in [5.41, 5.74) is 8.69. The molecule has 0 fully saturated rings. The lowest BCUT2D eigenvalue weighted by Gasteiger charge is -2.06. The number of anilines is 3. The van der Waals surface area contributed by atoms with Gasteiger partial charge in [-0.1, -0.05) is 18.5 Å². The highest BCUT2D eigenvalue weighted by atomic mass is 35.5. The van der Waals surface area contributed by atoms with Crippen LogP contribution in [0.5, 0.6) is 0 Å². The minimum atomic E-state index is -0.468. The van der Waals surface area contributed by atoms with Gasteiger partial charge in [-0.3, -0.25) is 4.98 Å². The van der Waals surface area contributed by atoms with Crippen LogP contribution in [0.15, 0.2) is 34.9 Å². The average Bonchev–Trinajstić information content (AvgIpc) is 2.79. The van der Waals surface area contributed by atoms with Gasteiger partial charge in [-0.15, -0.1) is 0 Å². The molecule has 0 unspecified atom stereocenters. The number of fused-ring (bicyclic) bond motifs is 1. The van der Waals surface area contributed by atoms with Crippen molar-refractivity contribution < 1.29 is 8.81 Å². The Bertz CT molecular complexity index is 816. The fourth-order valence-corrected chi connectivity index (χ4v) is 2.38. The van der Waals surface area contributed by atoms with Crippen molar-refractivity contribution in [3.8, 4) is 0 Å². The van der Waals surface area contributed by atoms with E-state index in [0.29, 0.717) is 17.0 Å². The fourth-order valence-electron chi connectivity index (χ4n) is 2.20. The predicted molar refractivity (Wildman–Crippen MR) is 82.5 cm³/mol. The number of furan rings is 1. The van der Waals surface area contributed by atoms with Gasteiger partial charge in [0, 0.05) is 17.3 Å². The number of benzene rings is 1. The third kappa shape index (κ3) is 2.40. The lowest BCUT2D eigenvalue weighted by atomic mass is 10.2. The molecule has 0 aliphatic rings. The van der Waals surface area contributed by atoms with Gasteiger partial charge in [-0.05, 0) is 30.7 Å². The molecule has 108 valence electrons. The lowest BCUT2D eigenvalue weighted by molar-refractivity contribution is 0.628. The van der Waals surface area contributed by atoms with E-state index < -0.39 is 5.82 Å². The molecule has 0 atom stereocenters. The molecule has 0 saturated heterocycles. The molecule has 0 aliphatic carbocycles. The fraction of sp³-hybridized carbons (Fsp3) is 0.133. The number of aryl methyl sites for hydroxylation is 1. The minimum absolute atomic E-state index is 0.0438. The number of nitrogen functional groups attached to an aromatic ring is 1. The maximum atomic E-state index is 13.2. The number of nitrogens with zero attached hydrogens (tertiary/aromatic N) is 1. The zero-order valence-corrected chi connectivity index (χ0v) is 12.0. The van der Waals surface area contributed by atoms with Gasteiger partial charge in [0.1, 0.15) is 11.5 Å². The Morgan fingerprint density at radius 3 is 2.90 bits per heavy atom. The Balaban J connectivity index is 2.08. The number of nitrogens with one attached hydrogen (secondary N) is 1. The molecule has 0 aliphatic heterocycles. The van der Waals surface area contributed by atoms with E-state index in [1.165, 1.54) is 12.1 Å². The number of pyridine rings is 1. The zero-order chi connectivity index (χ0) is 15.0. The Morgan fingerprint density at radius 1 is 1.38 bits per heavy atom. The number of hydrogen-bond acceptors (Lipinski definition) is 4. The number of hydrogen-bond donors (Lipinski definition) is 2. The van der Waals surface area contributed by atoms with Crippen LogP contribution in [-0.4, -0.2) is 4.98 Å². The average molecular weight is 306 g/mol. The summed E-state index contributed by atoms with van der Waals surface area (Å²) in [5, 5.41) is 3.99. The summed E-state index contributed by atoms with van der Waals surface area (Å²) in [6, 6.07) is 6.20. The third-order valence-corrected chi connectivity index (χ3v) is 3.52. The summed E-state index contributed by atoms with van der Waals surface area (Å²) in [4.78, 5) is 4.26. The molecule has 2 heterocycles. The number of aromatic nitrogens is 1. The molecule has 0 bridgehead atoms. The van der Waals surface area contributed by atoms with E-state index in [-0.39, 0.29) is 10.9 Å². The molecule has 1 aromatic carbocycles. The molecule has 4 nitrogen and oxygen atoms in total. The SMILES string of the molecule is CCc1nccc2c(Nc3ccc(F)c(Cl)c3)c(N)oc12. The topological polar surface area (TPSA) is 64.1 Å². The van der Waals surface area contributed by atoms with E-state index in [4.69, 9.17) is 21.8 Å². The van der Waals surface area contributed by atoms with Crippen LogP contribution in [0.25, 0.3) is 11.0 Å². The van der Waals surface area contributed by atoms with Gasteiger partial charge in [0.05, 0.1) is 10.7 Å². The quantitative estimate of drug-likeness (QED) is 0.747. The Hall–Kier alpha value is -2.27. The summed E-state index contributed by atoms with van der Waals surface area (Å²) in [7, 11) is 0. The molecule has 0 radical (unpaired) electrons. The highest BCUT2D eigenvalue weighted by molar-refractivity contribution is 6.31. The van der Waals surface area contributed by atoms with Crippen LogP contribution in [0, 0.1) is 5.82 Å². The highest BCUT2D eigenvalue weighted by Crippen LogP contribution is 2.36. The van der Waals surface area contributed by atoms with Gasteiger partial charge in [-0.2, -0.15) is 0 Å². The van der Waals surface area contributed by atoms with E-state index in [9.17, 15) is 4.39 Å². The van der Waals surface area contributed by atoms with Crippen molar-refractivity contribution in [1.29, 1.82) is 0 Å². The summed E-state index contributed by atoms with van der Waals surface area (Å²) in [6.45, 7) is 1.99. The third-order valence-electron chi connectivity index (χ3n) is 3.23. The van der Waals surface area contributed by atoms with E-state index in [1.54, 1.807) is 12.3 Å². The smallest absolute Gasteiger partial charge is 0.215 e. The Kier molecular flexibility index (Phi) is 3.43. The van der Waals surface area contributed by atoms with Crippen molar-refractivity contribution in [3.05, 3.63) is 47.0 Å². The summed E-state index contributed by atoms with van der Waals surface area (Å²) < 4.78 is 18.8. The monoisotopic (exact) mass is 305 g/mol. The van der Waals surface area contributed by atoms with Crippen molar-refractivity contribution in [1.82, 2.24) is 4.98 Å². The molecule has 3 rings (SSSR count). The van der Waals surface area contributed by atoms with Gasteiger partial charge in [0.2, 0.25) is 5.88 Å². The molecule has 3 N–H and O–H groups in total. The second-order valence-corrected chi connectivity index (χ2v) is 4.99. The van der Waals surface area contributed by atoms with Crippen LogP contribution < -0.4 is 11.1 Å². The van der Waals surface area contributed by atoms with E-state index in [2.05, 4.69) is 10.3 Å². The second-order valence-electron chi connectivity index (χ2n) is 4.58. The molecular weight excluding hydrogens is 293 g/mol. The standard InChI is InChI=1S/C15H13ClFN3O/c1-2-12-14-9(5-6-19-12)13(15(18)21-14)20-8-3-4-11(17)10(16)7-8/h3-7,20H,2,18H2,1H3. The van der Waals surface area contributed by atoms with Crippen molar-refractivity contribution in [2.45, 2.75) is 13.3 Å². The molecule has 2 aromatic heterocycles. The van der Waals surface area contributed by atoms with Gasteiger partial charge < -0.3 is 15.5 Å². The molecule has 3 aromatic rings. The minimum Gasteiger partial charge on any atom is -0.437 e. The molecular formula is C15H13ClFN3O. The van der Waals surface area contributed by atoms with Crippen molar-refractivity contribution in [2.75, 3.05) is 11.1 Å². The normalized spacial score (nSPS) is 11.0. The van der Waals surface area contributed by atoms with Gasteiger partial charge in [-0.25, -0.2) is 4.39 Å². The molecule has 0 amide bonds. The summed E-state index contributed by atoms with van der Waals surface area (Å²) >= 11 is 5.78. The van der Waals surface area contributed by atoms with Crippen LogP contribution >= 0.6 is 11.6 Å². The Morgan fingerprint density at radius 2 is 2.19 bits per heavy atom. The van der Waals surface area contributed by atoms with Crippen LogP contribution in [0.3, 0.4) is 0 Å². The first-order valence-corrected chi connectivity index (χ1v) is 6.86. The first-order chi connectivity index (χ1) is 10.1. The number of rotatable bonds is 3. The Labute approximate surface area is 125 Å². The van der Waals surface area contributed by atoms with Crippen molar-refractivity contribution >= 4 is 39.8 Å². The van der Waals surface area contributed by atoms with Crippen molar-refractivity contribution in [2.24, 2.45) is 0 Å². The maximum absolute atomic E-state index is 13.2. The van der Waals surface area contributed by atoms with Gasteiger partial charge in [0.15, 0.2) is 5.58 Å². The predicted octanol–water partition coefficient (Wildman–Crippen LogP) is 4.51. The zero-order valence-electron chi connectivity index (χ0n) is 11.3. The van der Waals surface area contributed by atoms with Gasteiger partial charge >= 0.3 is 0 Å². The van der Waals surface area contributed by atoms with Crippen LogP contribution in [0.4, 0.5) is 21.6 Å². The van der Waals surface area contributed by atoms with Crippen LogP contribution in [-0.2, 0) is 6.42 Å². The first kappa shape index (κ1) is 13.7. The highest BCUT2D eigenvalue weighted by Gasteiger charge is 2.15. The van der Waals surface area contributed by atoms with E-state index >= 15 is 0 Å². The summed E-state index contributed by atoms with van der Waals surface area (Å²) in [5.74, 6) is -0.210. The molecule has 0 spiro atoms. The lowest BCUT2D eigenvalue weighted by Crippen LogP contribution is -1.94. The summed E-state index contributed by atoms with van der Waals surface area (Å²) in [6.07, 6.45) is 2.45.